The summed E-state index contributed by atoms with van der Waals surface area (Å²) in [5.74, 6) is -73.0. The first kappa shape index (κ1) is 37.2. The number of alkyl halides is 19. The molecule has 0 heterocycles. The summed E-state index contributed by atoms with van der Waals surface area (Å²) in [6, 6.07) is 0. The van der Waals surface area contributed by atoms with Crippen LogP contribution in [0.2, 0.25) is 0 Å². The second kappa shape index (κ2) is 10.3. The van der Waals surface area contributed by atoms with Gasteiger partial charge in [0.15, 0.2) is 6.23 Å². The summed E-state index contributed by atoms with van der Waals surface area (Å²) in [5, 5.41) is 0. The van der Waals surface area contributed by atoms with E-state index >= 15 is 0 Å². The predicted octanol–water partition coefficient (Wildman–Crippen LogP) is 5.59. The number of carbonyl (C=O) groups is 1. The lowest BCUT2D eigenvalue weighted by atomic mass is 9.87. The Balaban J connectivity index is 6.77. The van der Waals surface area contributed by atoms with E-state index in [1.807, 2.05) is 0 Å². The molecule has 0 saturated heterocycles. The number of esters is 1. The fourth-order valence-corrected chi connectivity index (χ4v) is 3.32. The Morgan fingerprint density at radius 2 is 0.744 bits per heavy atom. The van der Waals surface area contributed by atoms with Crippen molar-refractivity contribution in [3.8, 4) is 0 Å². The van der Waals surface area contributed by atoms with Crippen LogP contribution in [0, 0.1) is 0 Å². The lowest BCUT2D eigenvalue weighted by molar-refractivity contribution is -0.467. The van der Waals surface area contributed by atoms with Crippen LogP contribution >= 0.6 is 0 Å². The molecule has 0 amide bonds. The van der Waals surface area contributed by atoms with Gasteiger partial charge in [0, 0.05) is 21.3 Å². The molecule has 0 unspecified atom stereocenters. The van der Waals surface area contributed by atoms with Crippen LogP contribution in [0.15, 0.2) is 0 Å². The van der Waals surface area contributed by atoms with Gasteiger partial charge in [0.2, 0.25) is 0 Å². The molecular formula is C14H11F19O5Si. The average molecular weight is 648 g/mol. The second-order valence-electron chi connectivity index (χ2n) is 6.96. The molecule has 0 fully saturated rings. The van der Waals surface area contributed by atoms with Gasteiger partial charge in [-0.2, -0.15) is 83.4 Å². The molecule has 25 heteroatoms. The molecule has 0 spiro atoms. The van der Waals surface area contributed by atoms with Gasteiger partial charge >= 0.3 is 68.3 Å². The summed E-state index contributed by atoms with van der Waals surface area (Å²) in [4.78, 5) is 11.3. The third-order valence-electron chi connectivity index (χ3n) is 4.69. The fraction of sp³-hybridized carbons (Fsp3) is 0.929. The van der Waals surface area contributed by atoms with Crippen LogP contribution in [0.5, 0.6) is 0 Å². The van der Waals surface area contributed by atoms with Crippen molar-refractivity contribution < 1.29 is 106 Å². The van der Waals surface area contributed by atoms with Crippen LogP contribution in [-0.2, 0) is 22.8 Å². The molecule has 234 valence electrons. The molecular weight excluding hydrogens is 637 g/mol. The largest absolute Gasteiger partial charge is 0.539 e. The van der Waals surface area contributed by atoms with E-state index in [9.17, 15) is 88.2 Å². The number of hydrogen-bond acceptors (Lipinski definition) is 5. The standard InChI is InChI=1S/C14H11F19O5Si/c1-35-39(36-2,37-3)4-38-5(34)6(15,16)7(17,18)8(19,20)9(21,22)10(23,24)11(25,26)12(27,28)13(29,30)14(31,32)33/h4H2,1-3H3. The molecule has 0 N–H and O–H groups in total. The summed E-state index contributed by atoms with van der Waals surface area (Å²) in [5.41, 5.74) is 0. The van der Waals surface area contributed by atoms with Crippen LogP contribution in [0.1, 0.15) is 0 Å². The van der Waals surface area contributed by atoms with Gasteiger partial charge < -0.3 is 18.0 Å². The summed E-state index contributed by atoms with van der Waals surface area (Å²) < 4.78 is 268. The Morgan fingerprint density at radius 1 is 0.487 bits per heavy atom. The normalized spacial score (nSPS) is 15.9. The Labute approximate surface area is 203 Å². The summed E-state index contributed by atoms with van der Waals surface area (Å²) >= 11 is 0. The van der Waals surface area contributed by atoms with Gasteiger partial charge in [-0.1, -0.05) is 0 Å². The van der Waals surface area contributed by atoms with Crippen molar-refractivity contribution in [2.75, 3.05) is 27.6 Å². The molecule has 0 aliphatic rings. The lowest BCUT2D eigenvalue weighted by Crippen LogP contribution is -2.76. The molecule has 0 saturated carbocycles. The van der Waals surface area contributed by atoms with E-state index in [0.717, 1.165) is 0 Å². The molecule has 0 aromatic heterocycles. The first-order valence-corrected chi connectivity index (χ1v) is 10.7. The van der Waals surface area contributed by atoms with Gasteiger partial charge in [-0.15, -0.1) is 0 Å². The molecule has 0 atom stereocenters. The van der Waals surface area contributed by atoms with E-state index in [1.54, 1.807) is 0 Å². The van der Waals surface area contributed by atoms with E-state index < -0.39 is 74.6 Å². The van der Waals surface area contributed by atoms with E-state index in [4.69, 9.17) is 0 Å². The first-order valence-electron chi connectivity index (χ1n) is 8.73. The van der Waals surface area contributed by atoms with E-state index in [1.165, 1.54) is 0 Å². The maximum Gasteiger partial charge on any atom is 0.539 e. The average Bonchev–Trinajstić information content (AvgIpc) is 2.78. The molecule has 0 aromatic rings. The van der Waals surface area contributed by atoms with Crippen LogP contribution in [-0.4, -0.2) is 95.9 Å². The predicted molar refractivity (Wildman–Crippen MR) is 83.4 cm³/mol. The third-order valence-corrected chi connectivity index (χ3v) is 7.05. The number of ether oxygens (including phenoxy) is 1. The van der Waals surface area contributed by atoms with Crippen molar-refractivity contribution >= 4 is 14.8 Å². The van der Waals surface area contributed by atoms with E-state index in [-0.39, 0.29) is 0 Å². The molecule has 0 bridgehead atoms. The second-order valence-corrected chi connectivity index (χ2v) is 9.84. The summed E-state index contributed by atoms with van der Waals surface area (Å²) in [6.07, 6.45) is -9.80. The quantitative estimate of drug-likeness (QED) is 0.148. The minimum Gasteiger partial charge on any atom is -0.456 e. The lowest BCUT2D eigenvalue weighted by Gasteiger charge is -2.43. The highest BCUT2D eigenvalue weighted by atomic mass is 28.4. The summed E-state index contributed by atoms with van der Waals surface area (Å²) in [7, 11) is -2.53. The van der Waals surface area contributed by atoms with Crippen LogP contribution in [0.3, 0.4) is 0 Å². The highest BCUT2D eigenvalue weighted by Crippen LogP contribution is 2.65. The molecule has 0 rings (SSSR count). The van der Waals surface area contributed by atoms with Gasteiger partial charge in [-0.3, -0.25) is 0 Å². The smallest absolute Gasteiger partial charge is 0.456 e. The summed E-state index contributed by atoms with van der Waals surface area (Å²) in [6.45, 7) is 0. The van der Waals surface area contributed by atoms with Crippen molar-refractivity contribution in [1.29, 1.82) is 0 Å². The van der Waals surface area contributed by atoms with Crippen LogP contribution in [0.4, 0.5) is 83.4 Å². The van der Waals surface area contributed by atoms with E-state index in [0.29, 0.717) is 21.3 Å². The van der Waals surface area contributed by atoms with Gasteiger partial charge in [0.05, 0.1) is 0 Å². The zero-order valence-corrected chi connectivity index (χ0v) is 19.4. The molecule has 0 aliphatic carbocycles. The monoisotopic (exact) mass is 648 g/mol. The van der Waals surface area contributed by atoms with E-state index in [2.05, 4.69) is 18.0 Å². The van der Waals surface area contributed by atoms with Crippen molar-refractivity contribution in [1.82, 2.24) is 0 Å². The zero-order chi connectivity index (χ0) is 32.1. The topological polar surface area (TPSA) is 54.0 Å². The Bertz CT molecular complexity index is 874. The van der Waals surface area contributed by atoms with Crippen molar-refractivity contribution in [2.24, 2.45) is 0 Å². The van der Waals surface area contributed by atoms with Crippen LogP contribution < -0.4 is 0 Å². The van der Waals surface area contributed by atoms with Crippen molar-refractivity contribution in [3.05, 3.63) is 0 Å². The zero-order valence-electron chi connectivity index (χ0n) is 18.4. The van der Waals surface area contributed by atoms with Gasteiger partial charge in [0.1, 0.15) is 0 Å². The Kier molecular flexibility index (Phi) is 9.79. The highest BCUT2D eigenvalue weighted by Gasteiger charge is 2.97. The minimum absolute atomic E-state index is 0.634. The maximum atomic E-state index is 13.8. The molecule has 0 aromatic carbocycles. The third kappa shape index (κ3) is 5.10. The highest BCUT2D eigenvalue weighted by molar-refractivity contribution is 6.60. The van der Waals surface area contributed by atoms with Gasteiger partial charge in [-0.05, 0) is 0 Å². The SMILES string of the molecule is CO[Si](COC(=O)C(F)(F)C(F)(F)C(F)(F)C(F)(F)C(F)(F)C(F)(F)C(F)(F)C(F)(F)C(F)(F)F)(OC)OC. The molecule has 5 nitrogen and oxygen atoms in total. The molecule has 39 heavy (non-hydrogen) atoms. The Hall–Kier alpha value is -1.76. The minimum atomic E-state index is -9.09. The van der Waals surface area contributed by atoms with Gasteiger partial charge in [0.25, 0.3) is 0 Å². The number of carbonyl (C=O) groups excluding carboxylic acids is 1. The molecule has 0 radical (unpaired) electrons. The van der Waals surface area contributed by atoms with Crippen molar-refractivity contribution in [3.63, 3.8) is 0 Å². The number of rotatable bonds is 13. The Morgan fingerprint density at radius 3 is 1.00 bits per heavy atom. The van der Waals surface area contributed by atoms with Crippen LogP contribution in [0.25, 0.3) is 0 Å². The molecule has 0 aliphatic heterocycles. The number of hydrogen-bond donors (Lipinski definition) is 0. The maximum absolute atomic E-state index is 13.8. The van der Waals surface area contributed by atoms with Crippen molar-refractivity contribution in [2.45, 2.75) is 53.6 Å². The first-order chi connectivity index (χ1) is 16.8. The van der Waals surface area contributed by atoms with Gasteiger partial charge in [-0.25, -0.2) is 4.79 Å². The fourth-order valence-electron chi connectivity index (χ4n) is 2.16. The number of halogens is 19.